The Morgan fingerprint density at radius 3 is 2.59 bits per heavy atom. The van der Waals surface area contributed by atoms with E-state index in [0.717, 1.165) is 11.3 Å². The summed E-state index contributed by atoms with van der Waals surface area (Å²) in [6, 6.07) is 12.7. The van der Waals surface area contributed by atoms with Gasteiger partial charge in [-0.05, 0) is 29.3 Å². The summed E-state index contributed by atoms with van der Waals surface area (Å²) >= 11 is 0.939. The number of halogens is 1. The maximum atomic E-state index is 14.0. The van der Waals surface area contributed by atoms with E-state index in [-0.39, 0.29) is 11.3 Å². The van der Waals surface area contributed by atoms with Crippen molar-refractivity contribution in [1.29, 1.82) is 0 Å². The van der Waals surface area contributed by atoms with Gasteiger partial charge in [0, 0.05) is 11.3 Å². The highest BCUT2D eigenvalue weighted by Crippen LogP contribution is 2.56. The van der Waals surface area contributed by atoms with Crippen molar-refractivity contribution >= 4 is 40.5 Å². The van der Waals surface area contributed by atoms with Crippen LogP contribution in [0.1, 0.15) is 26.5 Å². The molecule has 0 saturated heterocycles. The van der Waals surface area contributed by atoms with Crippen LogP contribution < -0.4 is 10.6 Å². The molecule has 1 unspecified atom stereocenters. The molecule has 3 aromatic rings. The van der Waals surface area contributed by atoms with Crippen molar-refractivity contribution in [3.63, 3.8) is 0 Å². The second-order valence-corrected chi connectivity index (χ2v) is 7.98. The third-order valence-corrected chi connectivity index (χ3v) is 6.66. The SMILES string of the molecule is O=C1CC2(C(=O)Nc3ccc(F)cc32)c2sc(C(=O)O)c(-c3ccccc3)c2N1. The van der Waals surface area contributed by atoms with Crippen molar-refractivity contribution in [1.82, 2.24) is 0 Å². The second kappa shape index (κ2) is 5.99. The van der Waals surface area contributed by atoms with Crippen LogP contribution in [0.3, 0.4) is 0 Å². The molecule has 3 N–H and O–H groups in total. The van der Waals surface area contributed by atoms with Gasteiger partial charge in [0.15, 0.2) is 0 Å². The molecule has 144 valence electrons. The number of nitrogens with one attached hydrogen (secondary N) is 2. The number of carboxylic acid groups (broad SMARTS) is 1. The number of rotatable bonds is 2. The Morgan fingerprint density at radius 2 is 1.86 bits per heavy atom. The van der Waals surface area contributed by atoms with E-state index >= 15 is 0 Å². The first kappa shape index (κ1) is 17.6. The molecule has 29 heavy (non-hydrogen) atoms. The van der Waals surface area contributed by atoms with E-state index in [0.29, 0.717) is 32.9 Å². The molecule has 8 heteroatoms. The van der Waals surface area contributed by atoms with Crippen molar-refractivity contribution in [3.05, 3.63) is 69.7 Å². The molecule has 6 nitrogen and oxygen atoms in total. The number of thiophene rings is 1. The van der Waals surface area contributed by atoms with Crippen LogP contribution >= 0.6 is 11.3 Å². The molecular formula is C21H13FN2O4S. The van der Waals surface area contributed by atoms with Crippen LogP contribution in [0.2, 0.25) is 0 Å². The van der Waals surface area contributed by atoms with Crippen molar-refractivity contribution in [2.24, 2.45) is 0 Å². The quantitative estimate of drug-likeness (QED) is 0.601. The highest BCUT2D eigenvalue weighted by atomic mass is 32.1. The van der Waals surface area contributed by atoms with Gasteiger partial charge in [0.05, 0.1) is 17.0 Å². The first-order chi connectivity index (χ1) is 13.9. The molecule has 2 amide bonds. The standard InChI is InChI=1S/C21H13FN2O4S/c22-11-6-7-13-12(8-11)21(20(28)23-13)9-14(25)24-16-15(10-4-2-1-3-5-10)17(19(26)27)29-18(16)21/h1-8H,9H2,(H,23,28)(H,24,25)(H,26,27). The number of amides is 2. The third kappa shape index (κ3) is 2.35. The van der Waals surface area contributed by atoms with Gasteiger partial charge < -0.3 is 15.7 Å². The third-order valence-electron chi connectivity index (χ3n) is 5.32. The van der Waals surface area contributed by atoms with Gasteiger partial charge in [0.1, 0.15) is 16.1 Å². The summed E-state index contributed by atoms with van der Waals surface area (Å²) in [5.41, 5.74) is 0.555. The molecule has 0 bridgehead atoms. The van der Waals surface area contributed by atoms with Crippen molar-refractivity contribution in [2.45, 2.75) is 11.8 Å². The van der Waals surface area contributed by atoms with Crippen LogP contribution in [0, 0.1) is 5.82 Å². The number of hydrogen-bond donors (Lipinski definition) is 3. The average Bonchev–Trinajstić information content (AvgIpc) is 3.20. The Labute approximate surface area is 168 Å². The Hall–Kier alpha value is -3.52. The molecule has 2 aliphatic heterocycles. The molecule has 0 radical (unpaired) electrons. The van der Waals surface area contributed by atoms with Crippen LogP contribution in [-0.4, -0.2) is 22.9 Å². The van der Waals surface area contributed by atoms with Gasteiger partial charge in [-0.3, -0.25) is 9.59 Å². The normalized spacial score (nSPS) is 19.5. The van der Waals surface area contributed by atoms with Gasteiger partial charge in [0.25, 0.3) is 0 Å². The van der Waals surface area contributed by atoms with E-state index < -0.39 is 29.0 Å². The monoisotopic (exact) mass is 408 g/mol. The van der Waals surface area contributed by atoms with Gasteiger partial charge in [0.2, 0.25) is 11.8 Å². The number of fused-ring (bicyclic) bond motifs is 4. The molecule has 3 heterocycles. The molecule has 5 rings (SSSR count). The summed E-state index contributed by atoms with van der Waals surface area (Å²) in [5.74, 6) is -2.60. The number of carboxylic acids is 1. The highest BCUT2D eigenvalue weighted by molar-refractivity contribution is 7.15. The second-order valence-electron chi connectivity index (χ2n) is 6.96. The van der Waals surface area contributed by atoms with E-state index in [9.17, 15) is 23.9 Å². The smallest absolute Gasteiger partial charge is 0.346 e. The number of hydrogen-bond acceptors (Lipinski definition) is 4. The lowest BCUT2D eigenvalue weighted by atomic mass is 9.74. The van der Waals surface area contributed by atoms with Crippen molar-refractivity contribution in [3.8, 4) is 11.1 Å². The number of benzene rings is 2. The molecule has 2 aromatic carbocycles. The van der Waals surface area contributed by atoms with Gasteiger partial charge in [-0.15, -0.1) is 11.3 Å². The van der Waals surface area contributed by atoms with E-state index in [2.05, 4.69) is 10.6 Å². The predicted molar refractivity (Wildman–Crippen MR) is 106 cm³/mol. The summed E-state index contributed by atoms with van der Waals surface area (Å²) in [7, 11) is 0. The fraction of sp³-hybridized carbons (Fsp3) is 0.0952. The minimum atomic E-state index is -1.46. The fourth-order valence-corrected chi connectivity index (χ4v) is 5.43. The number of carbonyl (C=O) groups excluding carboxylic acids is 2. The van der Waals surface area contributed by atoms with E-state index in [1.54, 1.807) is 30.3 Å². The summed E-state index contributed by atoms with van der Waals surface area (Å²) < 4.78 is 14.0. The minimum absolute atomic E-state index is 0.0143. The molecule has 1 atom stereocenters. The van der Waals surface area contributed by atoms with Crippen molar-refractivity contribution in [2.75, 3.05) is 10.6 Å². The Kier molecular flexibility index (Phi) is 3.63. The molecular weight excluding hydrogens is 395 g/mol. The predicted octanol–water partition coefficient (Wildman–Crippen LogP) is 3.83. The number of anilines is 2. The zero-order chi connectivity index (χ0) is 20.3. The van der Waals surface area contributed by atoms with Gasteiger partial charge >= 0.3 is 5.97 Å². The van der Waals surface area contributed by atoms with Crippen LogP contribution in [0.15, 0.2) is 48.5 Å². The Morgan fingerprint density at radius 1 is 1.10 bits per heavy atom. The summed E-state index contributed by atoms with van der Waals surface area (Å²) in [6.45, 7) is 0. The number of aromatic carboxylic acids is 1. The fourth-order valence-electron chi connectivity index (χ4n) is 4.12. The summed E-state index contributed by atoms with van der Waals surface area (Å²) in [6.07, 6.45) is -0.226. The first-order valence-electron chi connectivity index (χ1n) is 8.79. The van der Waals surface area contributed by atoms with E-state index in [1.165, 1.54) is 18.2 Å². The maximum Gasteiger partial charge on any atom is 0.346 e. The van der Waals surface area contributed by atoms with Gasteiger partial charge in [-0.1, -0.05) is 30.3 Å². The lowest BCUT2D eigenvalue weighted by molar-refractivity contribution is -0.125. The lowest BCUT2D eigenvalue weighted by Crippen LogP contribution is -2.42. The maximum absolute atomic E-state index is 14.0. The van der Waals surface area contributed by atoms with Gasteiger partial charge in [-0.2, -0.15) is 0 Å². The molecule has 0 saturated carbocycles. The zero-order valence-corrected chi connectivity index (χ0v) is 15.6. The Balaban J connectivity index is 1.86. The topological polar surface area (TPSA) is 95.5 Å². The van der Waals surface area contributed by atoms with Crippen LogP contribution in [-0.2, 0) is 15.0 Å². The molecule has 0 aliphatic carbocycles. The summed E-state index contributed by atoms with van der Waals surface area (Å²) in [5, 5.41) is 15.3. The Bertz CT molecular complexity index is 1220. The highest BCUT2D eigenvalue weighted by Gasteiger charge is 2.55. The van der Waals surface area contributed by atoms with Crippen LogP contribution in [0.25, 0.3) is 11.1 Å². The number of carbonyl (C=O) groups is 3. The van der Waals surface area contributed by atoms with Crippen LogP contribution in [0.5, 0.6) is 0 Å². The molecule has 1 aromatic heterocycles. The van der Waals surface area contributed by atoms with E-state index in [1.807, 2.05) is 0 Å². The van der Waals surface area contributed by atoms with Gasteiger partial charge in [-0.25, -0.2) is 9.18 Å². The largest absolute Gasteiger partial charge is 0.477 e. The average molecular weight is 408 g/mol. The molecule has 2 aliphatic rings. The summed E-state index contributed by atoms with van der Waals surface area (Å²) in [4.78, 5) is 38.2. The molecule has 1 spiro atoms. The minimum Gasteiger partial charge on any atom is -0.477 e. The van der Waals surface area contributed by atoms with Crippen molar-refractivity contribution < 1.29 is 23.9 Å². The zero-order valence-electron chi connectivity index (χ0n) is 14.8. The lowest BCUT2D eigenvalue weighted by Gasteiger charge is -2.31. The van der Waals surface area contributed by atoms with Crippen LogP contribution in [0.4, 0.5) is 15.8 Å². The first-order valence-corrected chi connectivity index (χ1v) is 9.61. The van der Waals surface area contributed by atoms with E-state index in [4.69, 9.17) is 0 Å². The molecule has 0 fully saturated rings.